The third kappa shape index (κ3) is 3.03. The van der Waals surface area contributed by atoms with Crippen LogP contribution in [0.5, 0.6) is 0 Å². The van der Waals surface area contributed by atoms with Crippen LogP contribution in [0.3, 0.4) is 0 Å². The summed E-state index contributed by atoms with van der Waals surface area (Å²) < 4.78 is 4.81. The first kappa shape index (κ1) is 12.6. The molecule has 1 aromatic rings. The second-order valence-electron chi connectivity index (χ2n) is 3.38. The summed E-state index contributed by atoms with van der Waals surface area (Å²) in [7, 11) is 0. The van der Waals surface area contributed by atoms with Crippen LogP contribution in [-0.4, -0.2) is 17.5 Å². The first-order chi connectivity index (χ1) is 7.56. The van der Waals surface area contributed by atoms with Crippen LogP contribution in [0.4, 0.5) is 5.69 Å². The lowest BCUT2D eigenvalue weighted by atomic mass is 10.00. The fourth-order valence-electron chi connectivity index (χ4n) is 1.40. The van der Waals surface area contributed by atoms with E-state index < -0.39 is 4.92 Å². The zero-order valence-corrected chi connectivity index (χ0v) is 9.95. The topological polar surface area (TPSA) is 69.4 Å². The molecule has 6 heteroatoms. The molecule has 0 aliphatic heterocycles. The molecule has 1 heterocycles. The van der Waals surface area contributed by atoms with E-state index in [1.54, 1.807) is 19.2 Å². The molecule has 0 aliphatic carbocycles. The van der Waals surface area contributed by atoms with Gasteiger partial charge in [-0.05, 0) is 12.8 Å². The minimum Gasteiger partial charge on any atom is -0.466 e. The maximum atomic E-state index is 11.2. The fraction of sp³-hybridized carbons (Fsp3) is 0.500. The summed E-state index contributed by atoms with van der Waals surface area (Å²) in [5.41, 5.74) is 0.685. The van der Waals surface area contributed by atoms with Crippen molar-refractivity contribution < 1.29 is 14.5 Å². The molecule has 0 radical (unpaired) electrons. The third-order valence-electron chi connectivity index (χ3n) is 2.18. The highest BCUT2D eigenvalue weighted by atomic mass is 32.1. The van der Waals surface area contributed by atoms with Crippen LogP contribution in [-0.2, 0) is 9.53 Å². The number of hydrogen-bond donors (Lipinski definition) is 0. The molecule has 0 spiro atoms. The number of carbonyl (C=O) groups excluding carboxylic acids is 1. The Morgan fingerprint density at radius 1 is 1.62 bits per heavy atom. The van der Waals surface area contributed by atoms with E-state index in [9.17, 15) is 14.9 Å². The zero-order valence-electron chi connectivity index (χ0n) is 9.13. The van der Waals surface area contributed by atoms with E-state index in [4.69, 9.17) is 4.74 Å². The number of nitrogens with zero attached hydrogens (tertiary/aromatic N) is 1. The number of carbonyl (C=O) groups is 1. The Morgan fingerprint density at radius 2 is 2.31 bits per heavy atom. The summed E-state index contributed by atoms with van der Waals surface area (Å²) >= 11 is 1.27. The van der Waals surface area contributed by atoms with Crippen LogP contribution in [0.25, 0.3) is 0 Å². The van der Waals surface area contributed by atoms with E-state index >= 15 is 0 Å². The lowest BCUT2D eigenvalue weighted by Gasteiger charge is -2.08. The summed E-state index contributed by atoms with van der Waals surface area (Å²) in [6.07, 6.45) is 0.172. The van der Waals surface area contributed by atoms with Crippen molar-refractivity contribution in [3.63, 3.8) is 0 Å². The Labute approximate surface area is 97.2 Å². The van der Waals surface area contributed by atoms with Gasteiger partial charge in [0.25, 0.3) is 5.69 Å². The first-order valence-corrected chi connectivity index (χ1v) is 5.86. The molecule has 0 amide bonds. The van der Waals surface area contributed by atoms with Gasteiger partial charge in [0.15, 0.2) is 0 Å². The number of ether oxygens (including phenoxy) is 1. The molecule has 0 aliphatic rings. The van der Waals surface area contributed by atoms with E-state index in [1.807, 2.05) is 0 Å². The van der Waals surface area contributed by atoms with E-state index in [-0.39, 0.29) is 24.0 Å². The van der Waals surface area contributed by atoms with Gasteiger partial charge in [-0.2, -0.15) is 0 Å². The van der Waals surface area contributed by atoms with Gasteiger partial charge in [0.1, 0.15) is 0 Å². The molecule has 0 bridgehead atoms. The molecule has 0 saturated heterocycles. The molecule has 1 rings (SSSR count). The zero-order chi connectivity index (χ0) is 12.1. The normalized spacial score (nSPS) is 12.1. The van der Waals surface area contributed by atoms with Crippen molar-refractivity contribution in [3.8, 4) is 0 Å². The highest BCUT2D eigenvalue weighted by Gasteiger charge is 2.22. The molecule has 1 atom stereocenters. The first-order valence-electron chi connectivity index (χ1n) is 4.92. The predicted molar refractivity (Wildman–Crippen MR) is 60.6 cm³/mol. The molecule has 88 valence electrons. The lowest BCUT2D eigenvalue weighted by molar-refractivity contribution is -0.385. The Kier molecular flexibility index (Phi) is 4.42. The number of rotatable bonds is 5. The van der Waals surface area contributed by atoms with Gasteiger partial charge in [-0.1, -0.05) is 6.92 Å². The summed E-state index contributed by atoms with van der Waals surface area (Å²) in [6, 6.07) is 0. The number of hydrogen-bond acceptors (Lipinski definition) is 5. The highest BCUT2D eigenvalue weighted by molar-refractivity contribution is 7.08. The molecule has 16 heavy (non-hydrogen) atoms. The van der Waals surface area contributed by atoms with Gasteiger partial charge in [-0.25, -0.2) is 0 Å². The number of esters is 1. The highest BCUT2D eigenvalue weighted by Crippen LogP contribution is 2.32. The van der Waals surface area contributed by atoms with Gasteiger partial charge in [0, 0.05) is 10.9 Å². The summed E-state index contributed by atoms with van der Waals surface area (Å²) in [5.74, 6) is -0.513. The smallest absolute Gasteiger partial charge is 0.306 e. The standard InChI is InChI=1S/C10H13NO4S/c1-3-15-10(12)4-7(2)8-5-16-6-9(8)11(13)14/h5-7H,3-4H2,1-2H3. The second-order valence-corrected chi connectivity index (χ2v) is 4.12. The molecule has 1 unspecified atom stereocenters. The number of nitro groups is 1. The van der Waals surface area contributed by atoms with Gasteiger partial charge in [-0.3, -0.25) is 14.9 Å². The predicted octanol–water partition coefficient (Wildman–Crippen LogP) is 2.71. The SMILES string of the molecule is CCOC(=O)CC(C)c1cscc1[N+](=O)[O-]. The molecular formula is C10H13NO4S. The molecule has 0 aromatic carbocycles. The van der Waals surface area contributed by atoms with E-state index in [0.29, 0.717) is 12.2 Å². The van der Waals surface area contributed by atoms with Crippen molar-refractivity contribution >= 4 is 23.0 Å². The molecular weight excluding hydrogens is 230 g/mol. The van der Waals surface area contributed by atoms with Crippen LogP contribution < -0.4 is 0 Å². The van der Waals surface area contributed by atoms with Crippen LogP contribution >= 0.6 is 11.3 Å². The third-order valence-corrected chi connectivity index (χ3v) is 2.93. The fourth-order valence-corrected chi connectivity index (χ4v) is 2.32. The molecule has 0 N–H and O–H groups in total. The molecule has 5 nitrogen and oxygen atoms in total. The Balaban J connectivity index is 2.72. The maximum Gasteiger partial charge on any atom is 0.306 e. The minimum atomic E-state index is -0.423. The van der Waals surface area contributed by atoms with Crippen molar-refractivity contribution in [3.05, 3.63) is 26.4 Å². The summed E-state index contributed by atoms with van der Waals surface area (Å²) in [6.45, 7) is 3.85. The molecule has 1 aromatic heterocycles. The van der Waals surface area contributed by atoms with Crippen molar-refractivity contribution in [2.24, 2.45) is 0 Å². The largest absolute Gasteiger partial charge is 0.466 e. The number of thiophene rings is 1. The average Bonchev–Trinajstić information content (AvgIpc) is 2.65. The average molecular weight is 243 g/mol. The van der Waals surface area contributed by atoms with Crippen molar-refractivity contribution in [1.82, 2.24) is 0 Å². The Bertz CT molecular complexity index is 388. The van der Waals surface area contributed by atoms with Crippen LogP contribution in [0, 0.1) is 10.1 Å². The maximum absolute atomic E-state index is 11.2. The van der Waals surface area contributed by atoms with Crippen molar-refractivity contribution in [1.29, 1.82) is 0 Å². The molecule has 0 saturated carbocycles. The quantitative estimate of drug-likeness (QED) is 0.453. The van der Waals surface area contributed by atoms with Crippen LogP contribution in [0.1, 0.15) is 31.7 Å². The monoisotopic (exact) mass is 243 g/mol. The minimum absolute atomic E-state index is 0.0850. The summed E-state index contributed by atoms with van der Waals surface area (Å²) in [4.78, 5) is 21.5. The van der Waals surface area contributed by atoms with Crippen molar-refractivity contribution in [2.75, 3.05) is 6.61 Å². The lowest BCUT2D eigenvalue weighted by Crippen LogP contribution is -2.08. The van der Waals surface area contributed by atoms with Crippen molar-refractivity contribution in [2.45, 2.75) is 26.2 Å². The van der Waals surface area contributed by atoms with E-state index in [1.165, 1.54) is 16.7 Å². The van der Waals surface area contributed by atoms with E-state index in [0.717, 1.165) is 0 Å². The summed E-state index contributed by atoms with van der Waals surface area (Å²) in [5, 5.41) is 13.9. The van der Waals surface area contributed by atoms with Gasteiger partial charge < -0.3 is 4.74 Å². The second kappa shape index (κ2) is 5.60. The van der Waals surface area contributed by atoms with Crippen LogP contribution in [0.15, 0.2) is 10.8 Å². The van der Waals surface area contributed by atoms with Gasteiger partial charge >= 0.3 is 5.97 Å². The Hall–Kier alpha value is -1.43. The van der Waals surface area contributed by atoms with Gasteiger partial charge in [-0.15, -0.1) is 11.3 Å². The molecule has 0 fully saturated rings. The van der Waals surface area contributed by atoms with E-state index in [2.05, 4.69) is 0 Å². The van der Waals surface area contributed by atoms with Gasteiger partial charge in [0.2, 0.25) is 0 Å². The van der Waals surface area contributed by atoms with Gasteiger partial charge in [0.05, 0.1) is 23.3 Å². The van der Waals surface area contributed by atoms with Crippen LogP contribution in [0.2, 0.25) is 0 Å². The Morgan fingerprint density at radius 3 is 2.88 bits per heavy atom.